The van der Waals surface area contributed by atoms with Crippen LogP contribution in [-0.2, 0) is 15.0 Å². The zero-order chi connectivity index (χ0) is 15.5. The van der Waals surface area contributed by atoms with Crippen LogP contribution in [0.4, 0.5) is 5.69 Å². The second-order valence-electron chi connectivity index (χ2n) is 6.22. The van der Waals surface area contributed by atoms with Crippen LogP contribution < -0.4 is 5.48 Å². The van der Waals surface area contributed by atoms with Crippen molar-refractivity contribution in [3.63, 3.8) is 0 Å². The van der Waals surface area contributed by atoms with Crippen molar-refractivity contribution in [2.45, 2.75) is 26.2 Å². The van der Waals surface area contributed by atoms with E-state index < -0.39 is 0 Å². The Bertz CT molecular complexity index is 503. The van der Waals surface area contributed by atoms with Crippen molar-refractivity contribution in [2.75, 3.05) is 38.9 Å². The number of amides is 1. The standard InChI is InChI=1S/C16H24N2O3/c1-16(2,3)12-5-6-13(14(11-12)17-20-4)15(19)18-7-9-21-10-8-18/h5-6,11,17H,7-10H2,1-4H3. The molecule has 0 radical (unpaired) electrons. The SMILES string of the molecule is CONc1cc(C(C)(C)C)ccc1C(=O)N1CCOCC1. The maximum Gasteiger partial charge on any atom is 0.256 e. The van der Waals surface area contributed by atoms with Crippen LogP contribution >= 0.6 is 0 Å². The number of nitrogens with one attached hydrogen (secondary N) is 1. The summed E-state index contributed by atoms with van der Waals surface area (Å²) in [5, 5.41) is 0. The lowest BCUT2D eigenvalue weighted by atomic mass is 9.86. The minimum Gasteiger partial charge on any atom is -0.378 e. The first-order valence-corrected chi connectivity index (χ1v) is 7.24. The van der Waals surface area contributed by atoms with E-state index in [9.17, 15) is 4.79 Å². The lowest BCUT2D eigenvalue weighted by molar-refractivity contribution is 0.0303. The fourth-order valence-corrected chi connectivity index (χ4v) is 2.33. The average Bonchev–Trinajstić information content (AvgIpc) is 2.47. The molecule has 1 saturated heterocycles. The van der Waals surface area contributed by atoms with Crippen LogP contribution in [0.5, 0.6) is 0 Å². The van der Waals surface area contributed by atoms with Gasteiger partial charge in [0.1, 0.15) is 0 Å². The molecule has 0 unspecified atom stereocenters. The molecule has 1 aliphatic heterocycles. The van der Waals surface area contributed by atoms with Crippen molar-refractivity contribution in [3.05, 3.63) is 29.3 Å². The highest BCUT2D eigenvalue weighted by Crippen LogP contribution is 2.28. The molecule has 0 bridgehead atoms. The lowest BCUT2D eigenvalue weighted by Gasteiger charge is -2.28. The highest BCUT2D eigenvalue weighted by Gasteiger charge is 2.23. The Morgan fingerprint density at radius 2 is 1.95 bits per heavy atom. The van der Waals surface area contributed by atoms with Crippen molar-refractivity contribution in [3.8, 4) is 0 Å². The van der Waals surface area contributed by atoms with Crippen LogP contribution in [0.1, 0.15) is 36.7 Å². The van der Waals surface area contributed by atoms with Gasteiger partial charge in [-0.1, -0.05) is 26.8 Å². The summed E-state index contributed by atoms with van der Waals surface area (Å²) in [6.45, 7) is 8.88. The summed E-state index contributed by atoms with van der Waals surface area (Å²) >= 11 is 0. The van der Waals surface area contributed by atoms with Crippen LogP contribution in [0, 0.1) is 0 Å². The van der Waals surface area contributed by atoms with E-state index in [2.05, 4.69) is 26.3 Å². The molecule has 2 rings (SSSR count). The quantitative estimate of drug-likeness (QED) is 0.869. The molecule has 116 valence electrons. The monoisotopic (exact) mass is 292 g/mol. The second-order valence-corrected chi connectivity index (χ2v) is 6.22. The topological polar surface area (TPSA) is 50.8 Å². The fourth-order valence-electron chi connectivity index (χ4n) is 2.33. The maximum atomic E-state index is 12.6. The van der Waals surface area contributed by atoms with Gasteiger partial charge in [0.2, 0.25) is 0 Å². The summed E-state index contributed by atoms with van der Waals surface area (Å²) in [7, 11) is 1.55. The summed E-state index contributed by atoms with van der Waals surface area (Å²) in [5.41, 5.74) is 5.34. The Labute approximate surface area is 126 Å². The van der Waals surface area contributed by atoms with Gasteiger partial charge in [0.25, 0.3) is 5.91 Å². The van der Waals surface area contributed by atoms with E-state index in [4.69, 9.17) is 9.57 Å². The highest BCUT2D eigenvalue weighted by atomic mass is 16.6. The van der Waals surface area contributed by atoms with Crippen molar-refractivity contribution >= 4 is 11.6 Å². The number of nitrogens with zero attached hydrogens (tertiary/aromatic N) is 1. The molecule has 0 aromatic heterocycles. The summed E-state index contributed by atoms with van der Waals surface area (Å²) in [6.07, 6.45) is 0. The van der Waals surface area contributed by atoms with E-state index in [1.165, 1.54) is 0 Å². The molecule has 1 aromatic rings. The normalized spacial score (nSPS) is 15.9. The minimum absolute atomic E-state index is 0.0123. The largest absolute Gasteiger partial charge is 0.378 e. The number of hydrogen-bond acceptors (Lipinski definition) is 4. The van der Waals surface area contributed by atoms with Crippen molar-refractivity contribution < 1.29 is 14.4 Å². The van der Waals surface area contributed by atoms with Gasteiger partial charge in [0, 0.05) is 13.1 Å². The molecule has 0 saturated carbocycles. The number of hydrogen-bond donors (Lipinski definition) is 1. The molecular formula is C16H24N2O3. The molecule has 0 atom stereocenters. The van der Waals surface area contributed by atoms with Crippen molar-refractivity contribution in [1.29, 1.82) is 0 Å². The number of ether oxygens (including phenoxy) is 1. The van der Waals surface area contributed by atoms with Gasteiger partial charge in [0.05, 0.1) is 31.6 Å². The van der Waals surface area contributed by atoms with Gasteiger partial charge in [-0.15, -0.1) is 0 Å². The molecule has 1 aromatic carbocycles. The van der Waals surface area contributed by atoms with Crippen LogP contribution in [0.2, 0.25) is 0 Å². The van der Waals surface area contributed by atoms with Crippen LogP contribution in [0.25, 0.3) is 0 Å². The first kappa shape index (κ1) is 15.8. The molecule has 1 amide bonds. The van der Waals surface area contributed by atoms with E-state index in [0.717, 1.165) is 5.56 Å². The summed E-state index contributed by atoms with van der Waals surface area (Å²) in [6, 6.07) is 5.87. The first-order valence-electron chi connectivity index (χ1n) is 7.24. The summed E-state index contributed by atoms with van der Waals surface area (Å²) < 4.78 is 5.29. The molecule has 1 fully saturated rings. The zero-order valence-electron chi connectivity index (χ0n) is 13.2. The Kier molecular flexibility index (Phi) is 4.85. The molecule has 5 nitrogen and oxygen atoms in total. The van der Waals surface area contributed by atoms with Gasteiger partial charge >= 0.3 is 0 Å². The van der Waals surface area contributed by atoms with Gasteiger partial charge in [-0.25, -0.2) is 0 Å². The lowest BCUT2D eigenvalue weighted by Crippen LogP contribution is -2.41. The van der Waals surface area contributed by atoms with Crippen LogP contribution in [0.15, 0.2) is 18.2 Å². The predicted molar refractivity (Wildman–Crippen MR) is 82.5 cm³/mol. The third kappa shape index (κ3) is 3.74. The van der Waals surface area contributed by atoms with Crippen LogP contribution in [0.3, 0.4) is 0 Å². The van der Waals surface area contributed by atoms with Gasteiger partial charge in [-0.05, 0) is 23.1 Å². The van der Waals surface area contributed by atoms with Gasteiger partial charge in [-0.2, -0.15) is 0 Å². The van der Waals surface area contributed by atoms with E-state index >= 15 is 0 Å². The van der Waals surface area contributed by atoms with E-state index in [1.54, 1.807) is 7.11 Å². The molecule has 1 aliphatic rings. The third-order valence-corrected chi connectivity index (χ3v) is 3.63. The molecular weight excluding hydrogens is 268 g/mol. The van der Waals surface area contributed by atoms with Crippen LogP contribution in [-0.4, -0.2) is 44.2 Å². The second kappa shape index (κ2) is 6.45. The van der Waals surface area contributed by atoms with Crippen molar-refractivity contribution in [1.82, 2.24) is 4.90 Å². The fraction of sp³-hybridized carbons (Fsp3) is 0.562. The zero-order valence-corrected chi connectivity index (χ0v) is 13.2. The summed E-state index contributed by atoms with van der Waals surface area (Å²) in [4.78, 5) is 19.5. The number of carbonyl (C=O) groups excluding carboxylic acids is 1. The molecule has 5 heteroatoms. The average molecular weight is 292 g/mol. The highest BCUT2D eigenvalue weighted by molar-refractivity contribution is 5.99. The van der Waals surface area contributed by atoms with Gasteiger partial charge in [0.15, 0.2) is 0 Å². The third-order valence-electron chi connectivity index (χ3n) is 3.63. The van der Waals surface area contributed by atoms with E-state index in [0.29, 0.717) is 37.6 Å². The van der Waals surface area contributed by atoms with E-state index in [1.807, 2.05) is 23.1 Å². The number of anilines is 1. The first-order chi connectivity index (χ1) is 9.93. The Morgan fingerprint density at radius 1 is 1.29 bits per heavy atom. The Balaban J connectivity index is 2.31. The molecule has 1 N–H and O–H groups in total. The molecule has 21 heavy (non-hydrogen) atoms. The predicted octanol–water partition coefficient (Wildman–Crippen LogP) is 2.43. The summed E-state index contributed by atoms with van der Waals surface area (Å²) in [5.74, 6) is 0.0123. The smallest absolute Gasteiger partial charge is 0.256 e. The molecule has 1 heterocycles. The van der Waals surface area contributed by atoms with Crippen molar-refractivity contribution in [2.24, 2.45) is 0 Å². The molecule has 0 aliphatic carbocycles. The van der Waals surface area contributed by atoms with Gasteiger partial charge < -0.3 is 9.64 Å². The number of carbonyl (C=O) groups is 1. The Morgan fingerprint density at radius 3 is 2.52 bits per heavy atom. The molecule has 0 spiro atoms. The maximum absolute atomic E-state index is 12.6. The van der Waals surface area contributed by atoms with Gasteiger partial charge in [-0.3, -0.25) is 15.1 Å². The minimum atomic E-state index is 0.0123. The van der Waals surface area contributed by atoms with E-state index in [-0.39, 0.29) is 11.3 Å². The number of rotatable bonds is 3. The Hall–Kier alpha value is -1.59. The number of benzene rings is 1. The number of morpholine rings is 1.